The highest BCUT2D eigenvalue weighted by atomic mass is 35.5. The molecule has 0 spiro atoms. The van der Waals surface area contributed by atoms with Gasteiger partial charge in [0.15, 0.2) is 0 Å². The number of hydrogen-bond donors (Lipinski definition) is 2. The zero-order valence-corrected chi connectivity index (χ0v) is 19.2. The molecule has 0 aliphatic rings. The van der Waals surface area contributed by atoms with Gasteiger partial charge in [-0.15, -0.1) is 0 Å². The molecule has 3 aromatic carbocycles. The molecule has 0 atom stereocenters. The fraction of sp³-hybridized carbons (Fsp3) is 0.125. The quantitative estimate of drug-likeness (QED) is 0.251. The van der Waals surface area contributed by atoms with Crippen LogP contribution < -0.4 is 20.2 Å². The van der Waals surface area contributed by atoms with E-state index >= 15 is 0 Å². The summed E-state index contributed by atoms with van der Waals surface area (Å²) >= 11 is 12.0. The van der Waals surface area contributed by atoms with Crippen molar-refractivity contribution in [2.75, 3.05) is 12.4 Å². The van der Waals surface area contributed by atoms with Crippen LogP contribution in [0.5, 0.6) is 11.5 Å². The van der Waals surface area contributed by atoms with Crippen LogP contribution in [-0.2, 0) is 16.2 Å². The van der Waals surface area contributed by atoms with Gasteiger partial charge in [0.1, 0.15) is 24.5 Å². The van der Waals surface area contributed by atoms with Gasteiger partial charge in [-0.3, -0.25) is 9.59 Å². The van der Waals surface area contributed by atoms with Crippen molar-refractivity contribution in [2.24, 2.45) is 5.10 Å². The Bertz CT molecular complexity index is 1170. The second-order valence-electron chi connectivity index (χ2n) is 6.83. The summed E-state index contributed by atoms with van der Waals surface area (Å²) in [5.41, 5.74) is 4.38. The fourth-order valence-electron chi connectivity index (χ4n) is 2.77. The van der Waals surface area contributed by atoms with E-state index in [9.17, 15) is 9.59 Å². The van der Waals surface area contributed by atoms with Crippen molar-refractivity contribution in [2.45, 2.75) is 13.0 Å². The van der Waals surface area contributed by atoms with Gasteiger partial charge in [0.05, 0.1) is 23.4 Å². The van der Waals surface area contributed by atoms with Gasteiger partial charge < -0.3 is 14.8 Å². The van der Waals surface area contributed by atoms with E-state index in [2.05, 4.69) is 15.8 Å². The molecule has 2 N–H and O–H groups in total. The Hall–Kier alpha value is -3.55. The molecule has 0 fully saturated rings. The van der Waals surface area contributed by atoms with Crippen LogP contribution in [0.1, 0.15) is 17.5 Å². The van der Waals surface area contributed by atoms with Gasteiger partial charge in [0.2, 0.25) is 11.8 Å². The number of nitrogens with zero attached hydrogens (tertiary/aromatic N) is 1. The van der Waals surface area contributed by atoms with Gasteiger partial charge in [-0.1, -0.05) is 47.5 Å². The van der Waals surface area contributed by atoms with Crippen LogP contribution in [0.4, 0.5) is 5.69 Å². The minimum atomic E-state index is -0.555. The van der Waals surface area contributed by atoms with Gasteiger partial charge in [0, 0.05) is 17.3 Å². The SMILES string of the molecule is COc1cccc(NC(=O)CC(=O)NN=Cc2ccccc2OCc2ccc(Cl)c(Cl)c2)c1. The molecule has 0 aromatic heterocycles. The molecular weight excluding hydrogens is 465 g/mol. The molecule has 170 valence electrons. The summed E-state index contributed by atoms with van der Waals surface area (Å²) in [4.78, 5) is 24.1. The van der Waals surface area contributed by atoms with Crippen LogP contribution in [0.25, 0.3) is 0 Å². The van der Waals surface area contributed by atoms with E-state index in [-0.39, 0.29) is 13.0 Å². The average molecular weight is 486 g/mol. The number of carbonyl (C=O) groups is 2. The van der Waals surface area contributed by atoms with Crippen molar-refractivity contribution >= 4 is 46.9 Å². The van der Waals surface area contributed by atoms with Crippen molar-refractivity contribution < 1.29 is 19.1 Å². The molecule has 0 saturated heterocycles. The monoisotopic (exact) mass is 485 g/mol. The van der Waals surface area contributed by atoms with E-state index in [1.165, 1.54) is 13.3 Å². The number of methoxy groups -OCH3 is 1. The molecule has 7 nitrogen and oxygen atoms in total. The van der Waals surface area contributed by atoms with E-state index in [4.69, 9.17) is 32.7 Å². The zero-order valence-electron chi connectivity index (χ0n) is 17.7. The van der Waals surface area contributed by atoms with Crippen LogP contribution in [0.2, 0.25) is 10.0 Å². The molecule has 3 rings (SSSR count). The molecule has 0 saturated carbocycles. The van der Waals surface area contributed by atoms with Crippen molar-refractivity contribution in [3.05, 3.63) is 87.9 Å². The normalized spacial score (nSPS) is 10.6. The average Bonchev–Trinajstić information content (AvgIpc) is 2.80. The Morgan fingerprint density at radius 3 is 2.58 bits per heavy atom. The molecule has 2 amide bonds. The predicted octanol–water partition coefficient (Wildman–Crippen LogP) is 5.06. The number of para-hydroxylation sites is 1. The first kappa shape index (κ1) is 24.1. The largest absolute Gasteiger partial charge is 0.497 e. The lowest BCUT2D eigenvalue weighted by molar-refractivity contribution is -0.126. The minimum Gasteiger partial charge on any atom is -0.497 e. The van der Waals surface area contributed by atoms with Gasteiger partial charge in [-0.2, -0.15) is 5.10 Å². The van der Waals surface area contributed by atoms with Crippen molar-refractivity contribution in [3.63, 3.8) is 0 Å². The summed E-state index contributed by atoms with van der Waals surface area (Å²) in [6.45, 7) is 0.276. The van der Waals surface area contributed by atoms with Crippen LogP contribution >= 0.6 is 23.2 Å². The topological polar surface area (TPSA) is 89.0 Å². The van der Waals surface area contributed by atoms with E-state index in [0.29, 0.717) is 32.8 Å². The molecular formula is C24H21Cl2N3O4. The smallest absolute Gasteiger partial charge is 0.249 e. The third-order valence-electron chi connectivity index (χ3n) is 4.36. The number of rotatable bonds is 9. The van der Waals surface area contributed by atoms with E-state index in [1.54, 1.807) is 48.5 Å². The summed E-state index contributed by atoms with van der Waals surface area (Å²) in [6.07, 6.45) is 1.06. The molecule has 0 aliphatic carbocycles. The summed E-state index contributed by atoms with van der Waals surface area (Å²) < 4.78 is 10.9. The third-order valence-corrected chi connectivity index (χ3v) is 5.10. The molecule has 3 aromatic rings. The van der Waals surface area contributed by atoms with Crippen LogP contribution in [0.3, 0.4) is 0 Å². The predicted molar refractivity (Wildman–Crippen MR) is 129 cm³/mol. The number of carbonyl (C=O) groups excluding carboxylic acids is 2. The fourth-order valence-corrected chi connectivity index (χ4v) is 3.09. The molecule has 0 bridgehead atoms. The maximum absolute atomic E-state index is 12.1. The number of anilines is 1. The Labute approximate surface area is 201 Å². The highest BCUT2D eigenvalue weighted by Crippen LogP contribution is 2.24. The molecule has 33 heavy (non-hydrogen) atoms. The van der Waals surface area contributed by atoms with Crippen LogP contribution in [-0.4, -0.2) is 25.1 Å². The lowest BCUT2D eigenvalue weighted by Crippen LogP contribution is -2.24. The Kier molecular flexibility index (Phi) is 8.69. The zero-order chi connectivity index (χ0) is 23.6. The van der Waals surface area contributed by atoms with Gasteiger partial charge in [-0.25, -0.2) is 5.43 Å². The van der Waals surface area contributed by atoms with E-state index in [1.807, 2.05) is 18.2 Å². The van der Waals surface area contributed by atoms with Gasteiger partial charge >= 0.3 is 0 Å². The maximum Gasteiger partial charge on any atom is 0.249 e. The van der Waals surface area contributed by atoms with Crippen LogP contribution in [0, 0.1) is 0 Å². The number of hydrazone groups is 1. The minimum absolute atomic E-state index is 0.276. The van der Waals surface area contributed by atoms with Crippen molar-refractivity contribution in [1.82, 2.24) is 5.43 Å². The Morgan fingerprint density at radius 2 is 1.79 bits per heavy atom. The third kappa shape index (κ3) is 7.52. The number of ether oxygens (including phenoxy) is 2. The van der Waals surface area contributed by atoms with Gasteiger partial charge in [0.25, 0.3) is 0 Å². The molecule has 0 unspecified atom stereocenters. The second-order valence-corrected chi connectivity index (χ2v) is 7.64. The summed E-state index contributed by atoms with van der Waals surface area (Å²) in [5, 5.41) is 7.49. The van der Waals surface area contributed by atoms with Gasteiger partial charge in [-0.05, 0) is 42.0 Å². The molecule has 0 heterocycles. The number of hydrogen-bond acceptors (Lipinski definition) is 5. The Morgan fingerprint density at radius 1 is 0.970 bits per heavy atom. The molecule has 0 aliphatic heterocycles. The lowest BCUT2D eigenvalue weighted by atomic mass is 10.2. The number of benzene rings is 3. The Balaban J connectivity index is 1.52. The highest BCUT2D eigenvalue weighted by molar-refractivity contribution is 6.42. The summed E-state index contributed by atoms with van der Waals surface area (Å²) in [7, 11) is 1.53. The first-order valence-electron chi connectivity index (χ1n) is 9.86. The lowest BCUT2D eigenvalue weighted by Gasteiger charge is -2.09. The van der Waals surface area contributed by atoms with E-state index < -0.39 is 11.8 Å². The number of amides is 2. The molecule has 9 heteroatoms. The number of nitrogens with one attached hydrogen (secondary N) is 2. The summed E-state index contributed by atoms with van der Waals surface area (Å²) in [5.74, 6) is 0.140. The molecule has 0 radical (unpaired) electrons. The first-order valence-corrected chi connectivity index (χ1v) is 10.6. The van der Waals surface area contributed by atoms with Crippen molar-refractivity contribution in [3.8, 4) is 11.5 Å². The summed E-state index contributed by atoms with van der Waals surface area (Å²) in [6, 6.07) is 19.3. The van der Waals surface area contributed by atoms with E-state index in [0.717, 1.165) is 5.56 Å². The standard InChI is InChI=1S/C24H21Cl2N3O4/c1-32-19-7-4-6-18(12-19)28-23(30)13-24(31)29-27-14-17-5-2-3-8-22(17)33-15-16-9-10-20(25)21(26)11-16/h2-12,14H,13,15H2,1H3,(H,28,30)(H,29,31). The number of halogens is 2. The van der Waals surface area contributed by atoms with Crippen molar-refractivity contribution in [1.29, 1.82) is 0 Å². The first-order chi connectivity index (χ1) is 15.9. The highest BCUT2D eigenvalue weighted by Gasteiger charge is 2.10. The maximum atomic E-state index is 12.1. The van der Waals surface area contributed by atoms with Crippen LogP contribution in [0.15, 0.2) is 71.8 Å². The second kappa shape index (κ2) is 11.9.